The summed E-state index contributed by atoms with van der Waals surface area (Å²) in [5.74, 6) is 2.27. The van der Waals surface area contributed by atoms with Crippen molar-refractivity contribution >= 4 is 5.78 Å². The zero-order valence-corrected chi connectivity index (χ0v) is 7.33. The molecule has 1 aliphatic heterocycles. The third-order valence-corrected chi connectivity index (χ3v) is 3.80. The van der Waals surface area contributed by atoms with Gasteiger partial charge < -0.3 is 4.90 Å². The predicted octanol–water partition coefficient (Wildman–Crippen LogP) is 0.917. The average molecular weight is 165 g/mol. The maximum Gasteiger partial charge on any atom is 0.140 e. The summed E-state index contributed by atoms with van der Waals surface area (Å²) in [5.41, 5.74) is 0. The molecule has 3 aliphatic rings. The molecule has 66 valence electrons. The highest BCUT2D eigenvalue weighted by atomic mass is 16.1. The van der Waals surface area contributed by atoms with Gasteiger partial charge in [-0.15, -0.1) is 0 Å². The first kappa shape index (κ1) is 7.07. The van der Waals surface area contributed by atoms with Crippen molar-refractivity contribution in [1.29, 1.82) is 0 Å². The second kappa shape index (κ2) is 2.32. The Kier molecular flexibility index (Phi) is 1.37. The van der Waals surface area contributed by atoms with Crippen LogP contribution in [0.3, 0.4) is 0 Å². The van der Waals surface area contributed by atoms with Crippen LogP contribution in [0.15, 0.2) is 0 Å². The lowest BCUT2D eigenvalue weighted by atomic mass is 9.88. The lowest BCUT2D eigenvalue weighted by molar-refractivity contribution is -0.125. The van der Waals surface area contributed by atoms with Gasteiger partial charge in [-0.05, 0) is 25.2 Å². The minimum Gasteiger partial charge on any atom is -0.300 e. The first-order valence-corrected chi connectivity index (χ1v) is 5.10. The van der Waals surface area contributed by atoms with Gasteiger partial charge in [-0.3, -0.25) is 4.79 Å². The Hall–Kier alpha value is -0.370. The van der Waals surface area contributed by atoms with Gasteiger partial charge in [0.25, 0.3) is 0 Å². The Morgan fingerprint density at radius 3 is 2.75 bits per heavy atom. The van der Waals surface area contributed by atoms with Crippen LogP contribution >= 0.6 is 0 Å². The van der Waals surface area contributed by atoms with Gasteiger partial charge in [-0.25, -0.2) is 0 Å². The lowest BCUT2D eigenvalue weighted by Gasteiger charge is -2.20. The first-order valence-electron chi connectivity index (χ1n) is 5.10. The Morgan fingerprint density at radius 1 is 1.33 bits per heavy atom. The summed E-state index contributed by atoms with van der Waals surface area (Å²) < 4.78 is 0. The second-order valence-electron chi connectivity index (χ2n) is 4.58. The molecule has 3 fully saturated rings. The Bertz CT molecular complexity index is 222. The lowest BCUT2D eigenvalue weighted by Crippen LogP contribution is -2.28. The Balaban J connectivity index is 1.72. The molecule has 2 saturated carbocycles. The average Bonchev–Trinajstić information content (AvgIpc) is 2.67. The van der Waals surface area contributed by atoms with Gasteiger partial charge >= 0.3 is 0 Å². The first-order chi connectivity index (χ1) is 5.84. The summed E-state index contributed by atoms with van der Waals surface area (Å²) in [7, 11) is 0. The molecule has 2 nitrogen and oxygen atoms in total. The van der Waals surface area contributed by atoms with Gasteiger partial charge in [0, 0.05) is 31.5 Å². The molecule has 0 spiro atoms. The Morgan fingerprint density at radius 2 is 2.17 bits per heavy atom. The predicted molar refractivity (Wildman–Crippen MR) is 45.8 cm³/mol. The van der Waals surface area contributed by atoms with E-state index in [1.807, 2.05) is 0 Å². The maximum atomic E-state index is 11.7. The number of hydrogen-bond donors (Lipinski definition) is 0. The number of carbonyl (C=O) groups excluding carboxylic acids is 1. The van der Waals surface area contributed by atoms with E-state index in [-0.39, 0.29) is 0 Å². The van der Waals surface area contributed by atoms with Crippen LogP contribution in [0.2, 0.25) is 0 Å². The molecule has 3 rings (SSSR count). The zero-order chi connectivity index (χ0) is 8.13. The quantitative estimate of drug-likeness (QED) is 0.567. The van der Waals surface area contributed by atoms with Crippen LogP contribution in [0, 0.1) is 17.8 Å². The topological polar surface area (TPSA) is 20.1 Å². The monoisotopic (exact) mass is 165 g/mol. The van der Waals surface area contributed by atoms with E-state index < -0.39 is 0 Å². The summed E-state index contributed by atoms with van der Waals surface area (Å²) >= 11 is 0. The molecule has 1 saturated heterocycles. The van der Waals surface area contributed by atoms with E-state index in [0.29, 0.717) is 17.6 Å². The van der Waals surface area contributed by atoms with Gasteiger partial charge in [0.15, 0.2) is 0 Å². The molecule has 1 heterocycles. The van der Waals surface area contributed by atoms with E-state index >= 15 is 0 Å². The molecule has 0 aromatic heterocycles. The van der Waals surface area contributed by atoms with Crippen LogP contribution in [-0.2, 0) is 4.79 Å². The number of fused-ring (bicyclic) bond motifs is 2. The minimum absolute atomic E-state index is 0.436. The second-order valence-corrected chi connectivity index (χ2v) is 4.58. The van der Waals surface area contributed by atoms with Crippen LogP contribution < -0.4 is 0 Å². The molecule has 2 heteroatoms. The van der Waals surface area contributed by atoms with Crippen molar-refractivity contribution in [2.24, 2.45) is 17.8 Å². The molecule has 0 radical (unpaired) electrons. The molecule has 0 aromatic rings. The largest absolute Gasteiger partial charge is 0.300 e. The maximum absolute atomic E-state index is 11.7. The van der Waals surface area contributed by atoms with Crippen molar-refractivity contribution in [1.82, 2.24) is 4.90 Å². The van der Waals surface area contributed by atoms with Crippen molar-refractivity contribution in [2.45, 2.75) is 19.3 Å². The highest BCUT2D eigenvalue weighted by Gasteiger charge is 2.47. The third-order valence-electron chi connectivity index (χ3n) is 3.80. The van der Waals surface area contributed by atoms with Gasteiger partial charge in [0.2, 0.25) is 0 Å². The van der Waals surface area contributed by atoms with Crippen LogP contribution in [0.1, 0.15) is 19.3 Å². The molecule has 0 amide bonds. The van der Waals surface area contributed by atoms with Crippen LogP contribution in [-0.4, -0.2) is 30.3 Å². The number of ketones is 1. The van der Waals surface area contributed by atoms with E-state index in [9.17, 15) is 4.79 Å². The number of carbonyl (C=O) groups is 1. The molecular formula is C10H15NO. The highest BCUT2D eigenvalue weighted by Crippen LogP contribution is 2.46. The summed E-state index contributed by atoms with van der Waals surface area (Å²) in [4.78, 5) is 14.1. The van der Waals surface area contributed by atoms with Crippen molar-refractivity contribution in [3.8, 4) is 0 Å². The minimum atomic E-state index is 0.436. The number of rotatable bonds is 2. The van der Waals surface area contributed by atoms with Gasteiger partial charge in [-0.1, -0.05) is 0 Å². The molecule has 0 N–H and O–H groups in total. The summed E-state index contributed by atoms with van der Waals surface area (Å²) in [6.45, 7) is 3.56. The van der Waals surface area contributed by atoms with Gasteiger partial charge in [0.05, 0.1) is 0 Å². The van der Waals surface area contributed by atoms with E-state index in [2.05, 4.69) is 4.90 Å². The van der Waals surface area contributed by atoms with Crippen LogP contribution in [0.5, 0.6) is 0 Å². The van der Waals surface area contributed by atoms with Crippen molar-refractivity contribution in [3.05, 3.63) is 0 Å². The van der Waals surface area contributed by atoms with E-state index in [4.69, 9.17) is 0 Å². The summed E-state index contributed by atoms with van der Waals surface area (Å²) in [5, 5.41) is 0. The van der Waals surface area contributed by atoms with Crippen molar-refractivity contribution in [2.75, 3.05) is 19.6 Å². The van der Waals surface area contributed by atoms with Crippen LogP contribution in [0.25, 0.3) is 0 Å². The fourth-order valence-corrected chi connectivity index (χ4v) is 2.95. The van der Waals surface area contributed by atoms with E-state index in [1.54, 1.807) is 0 Å². The van der Waals surface area contributed by atoms with Gasteiger partial charge in [0.1, 0.15) is 5.78 Å². The molecule has 2 bridgehead atoms. The molecule has 12 heavy (non-hydrogen) atoms. The molecule has 3 atom stereocenters. The number of nitrogens with zero attached hydrogens (tertiary/aromatic N) is 1. The summed E-state index contributed by atoms with van der Waals surface area (Å²) in [6.07, 6.45) is 3.74. The van der Waals surface area contributed by atoms with Crippen LogP contribution in [0.4, 0.5) is 0 Å². The van der Waals surface area contributed by atoms with Crippen molar-refractivity contribution in [3.63, 3.8) is 0 Å². The highest BCUT2D eigenvalue weighted by molar-refractivity contribution is 5.87. The van der Waals surface area contributed by atoms with Gasteiger partial charge in [-0.2, -0.15) is 0 Å². The number of hydrogen-bond acceptors (Lipinski definition) is 2. The molecule has 3 unspecified atom stereocenters. The molecule has 2 aliphatic carbocycles. The summed E-state index contributed by atoms with van der Waals surface area (Å²) in [6, 6.07) is 0. The standard InChI is InChI=1S/C10H15NO/c12-10-8-2-1-7(5-8)9(10)6-11-3-4-11/h7-9H,1-6H2. The zero-order valence-electron chi connectivity index (χ0n) is 7.33. The molecule has 0 aromatic carbocycles. The SMILES string of the molecule is O=C1C2CCC(C2)C1CN1CC1. The molecular weight excluding hydrogens is 150 g/mol. The van der Waals surface area contributed by atoms with Crippen molar-refractivity contribution < 1.29 is 4.79 Å². The third kappa shape index (κ3) is 0.939. The van der Waals surface area contributed by atoms with E-state index in [1.165, 1.54) is 32.4 Å². The normalized spacial score (nSPS) is 45.7. The fourth-order valence-electron chi connectivity index (χ4n) is 2.95. The fraction of sp³-hybridized carbons (Fsp3) is 0.900. The van der Waals surface area contributed by atoms with E-state index in [0.717, 1.165) is 12.5 Å². The smallest absolute Gasteiger partial charge is 0.140 e. The Labute approximate surface area is 72.9 Å². The number of Topliss-reactive ketones (excluding diaryl/α,β-unsaturated/α-hetero) is 1.